The third-order valence-corrected chi connectivity index (χ3v) is 7.71. The Labute approximate surface area is 239 Å². The third kappa shape index (κ3) is 7.02. The Bertz CT molecular complexity index is 1290. The SMILES string of the molecule is CC[C@H](C)[C@H](NC(=O)COCCF)C(=O)N[C@H]1CCc2cccc3c2N(C1=O)[C@H](C(=O)NCc1cccc(N)c1)C3. The molecule has 0 saturated carbocycles. The number of nitrogens with one attached hydrogen (secondary N) is 3. The molecule has 0 bridgehead atoms. The summed E-state index contributed by atoms with van der Waals surface area (Å²) in [6.07, 6.45) is 1.84. The van der Waals surface area contributed by atoms with Gasteiger partial charge in [0.05, 0.1) is 12.3 Å². The Morgan fingerprint density at radius 1 is 1.17 bits per heavy atom. The topological polar surface area (TPSA) is 143 Å². The predicted molar refractivity (Wildman–Crippen MR) is 153 cm³/mol. The summed E-state index contributed by atoms with van der Waals surface area (Å²) < 4.78 is 17.3. The van der Waals surface area contributed by atoms with Crippen LogP contribution in [0.3, 0.4) is 0 Å². The van der Waals surface area contributed by atoms with E-state index in [4.69, 9.17) is 10.5 Å². The maximum atomic E-state index is 14.0. The molecule has 0 fully saturated rings. The summed E-state index contributed by atoms with van der Waals surface area (Å²) in [6, 6.07) is 10.4. The normalized spacial score (nSPS) is 19.1. The summed E-state index contributed by atoms with van der Waals surface area (Å²) in [6.45, 7) is 2.68. The van der Waals surface area contributed by atoms with Crippen LogP contribution >= 0.6 is 0 Å². The molecular formula is C30H38FN5O5. The van der Waals surface area contributed by atoms with E-state index >= 15 is 0 Å². The molecular weight excluding hydrogens is 529 g/mol. The number of aryl methyl sites for hydroxylation is 1. The molecule has 0 spiro atoms. The molecule has 4 rings (SSSR count). The quantitative estimate of drug-likeness (QED) is 0.228. The van der Waals surface area contributed by atoms with Crippen molar-refractivity contribution in [3.05, 3.63) is 59.2 Å². The van der Waals surface area contributed by atoms with Crippen LogP contribution in [0.2, 0.25) is 0 Å². The fraction of sp³-hybridized carbons (Fsp3) is 0.467. The molecule has 2 aromatic rings. The molecule has 220 valence electrons. The van der Waals surface area contributed by atoms with Crippen molar-refractivity contribution in [3.8, 4) is 0 Å². The van der Waals surface area contributed by atoms with Crippen LogP contribution in [-0.2, 0) is 43.3 Å². The highest BCUT2D eigenvalue weighted by Gasteiger charge is 2.44. The zero-order valence-corrected chi connectivity index (χ0v) is 23.5. The molecule has 2 aliphatic rings. The van der Waals surface area contributed by atoms with E-state index < -0.39 is 36.6 Å². The van der Waals surface area contributed by atoms with Crippen molar-refractivity contribution >= 4 is 35.0 Å². The summed E-state index contributed by atoms with van der Waals surface area (Å²) in [5.41, 5.74) is 9.88. The number of hydrogen-bond donors (Lipinski definition) is 4. The van der Waals surface area contributed by atoms with Crippen molar-refractivity contribution in [1.82, 2.24) is 16.0 Å². The number of halogens is 1. The minimum absolute atomic E-state index is 0.212. The Morgan fingerprint density at radius 2 is 1.93 bits per heavy atom. The lowest BCUT2D eigenvalue weighted by Gasteiger charge is -2.30. The molecule has 0 aliphatic carbocycles. The van der Waals surface area contributed by atoms with Crippen molar-refractivity contribution in [1.29, 1.82) is 0 Å². The molecule has 11 heteroatoms. The molecule has 0 saturated heterocycles. The van der Waals surface area contributed by atoms with Crippen LogP contribution in [0.5, 0.6) is 0 Å². The molecule has 2 aliphatic heterocycles. The summed E-state index contributed by atoms with van der Waals surface area (Å²) in [5, 5.41) is 8.45. The lowest BCUT2D eigenvalue weighted by Crippen LogP contribution is -2.58. The minimum Gasteiger partial charge on any atom is -0.399 e. The van der Waals surface area contributed by atoms with Gasteiger partial charge >= 0.3 is 0 Å². The highest BCUT2D eigenvalue weighted by Crippen LogP contribution is 2.39. The highest BCUT2D eigenvalue weighted by molar-refractivity contribution is 6.08. The van der Waals surface area contributed by atoms with E-state index in [1.807, 2.05) is 44.2 Å². The number of hydrogen-bond acceptors (Lipinski definition) is 6. The number of para-hydroxylation sites is 1. The number of nitrogen functional groups attached to an aromatic ring is 1. The first-order valence-electron chi connectivity index (χ1n) is 14.0. The number of nitrogens with two attached hydrogens (primary N) is 1. The van der Waals surface area contributed by atoms with Crippen LogP contribution < -0.4 is 26.6 Å². The molecule has 2 heterocycles. The van der Waals surface area contributed by atoms with Gasteiger partial charge in [0.2, 0.25) is 23.6 Å². The number of anilines is 2. The molecule has 5 N–H and O–H groups in total. The first-order valence-corrected chi connectivity index (χ1v) is 14.0. The summed E-state index contributed by atoms with van der Waals surface area (Å²) in [5.74, 6) is -1.94. The zero-order chi connectivity index (χ0) is 29.5. The van der Waals surface area contributed by atoms with Gasteiger partial charge in [-0.3, -0.25) is 24.1 Å². The molecule has 4 amide bonds. The highest BCUT2D eigenvalue weighted by atomic mass is 19.1. The van der Waals surface area contributed by atoms with E-state index in [-0.39, 0.29) is 37.5 Å². The smallest absolute Gasteiger partial charge is 0.250 e. The van der Waals surface area contributed by atoms with Crippen LogP contribution in [0.15, 0.2) is 42.5 Å². The van der Waals surface area contributed by atoms with Crippen LogP contribution in [0.1, 0.15) is 43.4 Å². The number of carbonyl (C=O) groups excluding carboxylic acids is 4. The van der Waals surface area contributed by atoms with Crippen LogP contribution in [-0.4, -0.2) is 61.6 Å². The standard InChI is InChI=1S/C30H38FN5O5/c1-3-18(2)26(35-25(37)17-41-13-12-31)29(39)34-23-11-10-20-7-5-8-21-15-24(36(27(20)21)30(23)40)28(38)33-16-19-6-4-9-22(32)14-19/h4-9,14,18,23-24,26H,3,10-13,15-17,32H2,1-2H3,(H,33,38)(H,34,39)(H,35,37)/t18-,23-,24-,26-/m0/s1. The van der Waals surface area contributed by atoms with Crippen molar-refractivity contribution in [2.24, 2.45) is 5.92 Å². The number of carbonyl (C=O) groups is 4. The molecule has 0 aromatic heterocycles. The van der Waals surface area contributed by atoms with Crippen molar-refractivity contribution in [2.45, 2.75) is 64.2 Å². The average Bonchev–Trinajstić information content (AvgIpc) is 3.30. The van der Waals surface area contributed by atoms with Gasteiger partial charge in [-0.25, -0.2) is 4.39 Å². The average molecular weight is 568 g/mol. The number of rotatable bonds is 12. The molecule has 2 aromatic carbocycles. The minimum atomic E-state index is -0.911. The second-order valence-corrected chi connectivity index (χ2v) is 10.6. The van der Waals surface area contributed by atoms with Gasteiger partial charge in [-0.15, -0.1) is 0 Å². The lowest BCUT2D eigenvalue weighted by molar-refractivity contribution is -0.134. The summed E-state index contributed by atoms with van der Waals surface area (Å²) in [7, 11) is 0. The van der Waals surface area contributed by atoms with Gasteiger partial charge in [0.1, 0.15) is 31.4 Å². The maximum Gasteiger partial charge on any atom is 0.250 e. The number of amides is 4. The monoisotopic (exact) mass is 567 g/mol. The largest absolute Gasteiger partial charge is 0.399 e. The molecule has 0 radical (unpaired) electrons. The maximum absolute atomic E-state index is 14.0. The van der Waals surface area contributed by atoms with E-state index in [1.54, 1.807) is 12.1 Å². The molecule has 10 nitrogen and oxygen atoms in total. The first kappa shape index (κ1) is 30.0. The molecule has 41 heavy (non-hydrogen) atoms. The Kier molecular flexibility index (Phi) is 9.93. The fourth-order valence-electron chi connectivity index (χ4n) is 5.38. The lowest BCUT2D eigenvalue weighted by atomic mass is 9.97. The summed E-state index contributed by atoms with van der Waals surface area (Å²) in [4.78, 5) is 54.7. The van der Waals surface area contributed by atoms with Gasteiger partial charge in [0.25, 0.3) is 0 Å². The van der Waals surface area contributed by atoms with Crippen molar-refractivity contribution in [2.75, 3.05) is 30.5 Å². The second-order valence-electron chi connectivity index (χ2n) is 10.6. The van der Waals surface area contributed by atoms with Crippen LogP contribution in [0, 0.1) is 5.92 Å². The van der Waals surface area contributed by atoms with Crippen LogP contribution in [0.25, 0.3) is 0 Å². The predicted octanol–water partition coefficient (Wildman–Crippen LogP) is 1.79. The van der Waals surface area contributed by atoms with E-state index in [1.165, 1.54) is 4.90 Å². The van der Waals surface area contributed by atoms with E-state index in [2.05, 4.69) is 16.0 Å². The van der Waals surface area contributed by atoms with Crippen molar-refractivity contribution < 1.29 is 28.3 Å². The Balaban J connectivity index is 1.51. The summed E-state index contributed by atoms with van der Waals surface area (Å²) >= 11 is 0. The van der Waals surface area contributed by atoms with E-state index in [0.29, 0.717) is 31.4 Å². The van der Waals surface area contributed by atoms with E-state index in [9.17, 15) is 23.6 Å². The Morgan fingerprint density at radius 3 is 2.66 bits per heavy atom. The van der Waals surface area contributed by atoms with Gasteiger partial charge in [-0.05, 0) is 47.6 Å². The molecule has 0 unspecified atom stereocenters. The second kappa shape index (κ2) is 13.6. The number of benzene rings is 2. The van der Waals surface area contributed by atoms with Crippen molar-refractivity contribution in [3.63, 3.8) is 0 Å². The van der Waals surface area contributed by atoms with Crippen LogP contribution in [0.4, 0.5) is 15.8 Å². The molecule has 4 atom stereocenters. The number of alkyl halides is 1. The number of nitrogens with zero attached hydrogens (tertiary/aromatic N) is 1. The first-order chi connectivity index (χ1) is 19.7. The van der Waals surface area contributed by atoms with Gasteiger partial charge in [-0.1, -0.05) is 50.6 Å². The number of ether oxygens (including phenoxy) is 1. The Hall–Kier alpha value is -3.99. The third-order valence-electron chi connectivity index (χ3n) is 7.71. The fourth-order valence-corrected chi connectivity index (χ4v) is 5.38. The van der Waals surface area contributed by atoms with Gasteiger partial charge < -0.3 is 26.4 Å². The van der Waals surface area contributed by atoms with Gasteiger partial charge in [0, 0.05) is 18.7 Å². The van der Waals surface area contributed by atoms with E-state index in [0.717, 1.165) is 22.4 Å². The van der Waals surface area contributed by atoms with Gasteiger partial charge in [-0.2, -0.15) is 0 Å². The van der Waals surface area contributed by atoms with Gasteiger partial charge in [0.15, 0.2) is 0 Å². The zero-order valence-electron chi connectivity index (χ0n) is 23.5.